The first-order valence-electron chi connectivity index (χ1n) is 8.67. The van der Waals surface area contributed by atoms with Crippen molar-refractivity contribution in [3.05, 3.63) is 35.9 Å². The Morgan fingerprint density at radius 3 is 2.50 bits per heavy atom. The third kappa shape index (κ3) is 2.62. The number of carbonyl (C=O) groups is 1. The number of carbonyl (C=O) groups excluding carboxylic acids is 1. The van der Waals surface area contributed by atoms with Crippen LogP contribution in [0.3, 0.4) is 0 Å². The first-order valence-corrected chi connectivity index (χ1v) is 8.67. The quantitative estimate of drug-likeness (QED) is 0.827. The summed E-state index contributed by atoms with van der Waals surface area (Å²) in [4.78, 5) is 15.0. The minimum absolute atomic E-state index is 0.246. The highest BCUT2D eigenvalue weighted by molar-refractivity contribution is 5.86. The lowest BCUT2D eigenvalue weighted by atomic mass is 9.42. The number of hydrogen-bond donors (Lipinski definition) is 0. The monoisotopic (exact) mass is 299 g/mol. The molecular weight excluding hydrogens is 270 g/mol. The zero-order valence-electron chi connectivity index (χ0n) is 14.4. The van der Waals surface area contributed by atoms with Crippen LogP contribution >= 0.6 is 0 Å². The van der Waals surface area contributed by atoms with Gasteiger partial charge in [-0.25, -0.2) is 0 Å². The second kappa shape index (κ2) is 5.81. The van der Waals surface area contributed by atoms with E-state index in [2.05, 4.69) is 63.1 Å². The Balaban J connectivity index is 1.59. The van der Waals surface area contributed by atoms with Crippen LogP contribution in [0.5, 0.6) is 0 Å². The number of nitrogens with zero attached hydrogens (tertiary/aromatic N) is 1. The fourth-order valence-corrected chi connectivity index (χ4v) is 4.87. The van der Waals surface area contributed by atoms with E-state index in [1.54, 1.807) is 0 Å². The molecule has 4 rings (SSSR count). The molecule has 0 spiro atoms. The average molecular weight is 299 g/mol. The molecule has 1 aromatic carbocycles. The number of fused-ring (bicyclic) bond motifs is 2. The predicted octanol–water partition coefficient (Wildman–Crippen LogP) is 3.66. The molecule has 2 nitrogen and oxygen atoms in total. The van der Waals surface area contributed by atoms with Gasteiger partial charge in [0.15, 0.2) is 0 Å². The number of benzene rings is 1. The van der Waals surface area contributed by atoms with Crippen molar-refractivity contribution in [3.8, 4) is 0 Å². The fourth-order valence-electron chi connectivity index (χ4n) is 4.87. The molecule has 3 aliphatic carbocycles. The molecule has 0 N–H and O–H groups in total. The van der Waals surface area contributed by atoms with Crippen molar-refractivity contribution in [1.82, 2.24) is 4.90 Å². The number of likely N-dealkylation sites (N-methyl/N-ethyl adjacent to an activating group) is 1. The van der Waals surface area contributed by atoms with Crippen molar-refractivity contribution in [2.75, 3.05) is 20.1 Å². The molecule has 0 radical (unpaired) electrons. The summed E-state index contributed by atoms with van der Waals surface area (Å²) >= 11 is 0. The molecule has 1 aromatic rings. The van der Waals surface area contributed by atoms with E-state index in [9.17, 15) is 4.79 Å². The highest BCUT2D eigenvalue weighted by Crippen LogP contribution is 2.62. The average Bonchev–Trinajstić information content (AvgIpc) is 2.50. The van der Waals surface area contributed by atoms with Gasteiger partial charge < -0.3 is 4.90 Å². The molecule has 0 heterocycles. The van der Waals surface area contributed by atoms with E-state index in [1.165, 1.54) is 12.0 Å². The zero-order chi connectivity index (χ0) is 15.9. The van der Waals surface area contributed by atoms with E-state index in [0.29, 0.717) is 23.0 Å². The second-order valence-corrected chi connectivity index (χ2v) is 8.07. The number of ketones is 1. The van der Waals surface area contributed by atoms with Gasteiger partial charge in [0.2, 0.25) is 0 Å². The Hall–Kier alpha value is -1.15. The zero-order valence-corrected chi connectivity index (χ0v) is 14.4. The maximum Gasteiger partial charge on any atom is 0.140 e. The number of rotatable bonds is 5. The van der Waals surface area contributed by atoms with Gasteiger partial charge in [-0.2, -0.15) is 0 Å². The molecule has 0 aromatic heterocycles. The van der Waals surface area contributed by atoms with Gasteiger partial charge in [0.25, 0.3) is 0 Å². The molecule has 0 saturated heterocycles. The van der Waals surface area contributed by atoms with E-state index in [-0.39, 0.29) is 11.8 Å². The largest absolute Gasteiger partial charge is 0.305 e. The molecule has 2 heteroatoms. The van der Waals surface area contributed by atoms with E-state index >= 15 is 0 Å². The van der Waals surface area contributed by atoms with Gasteiger partial charge in [0.05, 0.1) is 0 Å². The molecular formula is C20H29NO. The molecule has 3 aliphatic rings. The summed E-state index contributed by atoms with van der Waals surface area (Å²) in [6, 6.07) is 10.6. The van der Waals surface area contributed by atoms with Crippen LogP contribution < -0.4 is 0 Å². The molecule has 3 saturated carbocycles. The molecule has 2 bridgehead atoms. The molecule has 0 amide bonds. The lowest BCUT2D eigenvalue weighted by Crippen LogP contribution is -2.62. The van der Waals surface area contributed by atoms with E-state index in [0.717, 1.165) is 19.5 Å². The summed E-state index contributed by atoms with van der Waals surface area (Å²) in [5, 5.41) is 0. The van der Waals surface area contributed by atoms with Crippen molar-refractivity contribution in [3.63, 3.8) is 0 Å². The lowest BCUT2D eigenvalue weighted by molar-refractivity contribution is -0.169. The summed E-state index contributed by atoms with van der Waals surface area (Å²) in [5.74, 6) is 2.24. The molecule has 0 aliphatic heterocycles. The third-order valence-corrected chi connectivity index (χ3v) is 6.46. The standard InChI is InChI=1S/C20H29NO/c1-14-17-12-18(20(17,2)3)16(19(14)22)13-21(4)11-10-15-8-6-5-7-9-15/h5-9,14,16-18H,10-13H2,1-4H3. The minimum atomic E-state index is 0.246. The van der Waals surface area contributed by atoms with Crippen LogP contribution in [0.15, 0.2) is 30.3 Å². The van der Waals surface area contributed by atoms with Gasteiger partial charge >= 0.3 is 0 Å². The van der Waals surface area contributed by atoms with Crippen molar-refractivity contribution in [1.29, 1.82) is 0 Å². The molecule has 4 atom stereocenters. The first-order chi connectivity index (χ1) is 10.4. The Morgan fingerprint density at radius 1 is 1.18 bits per heavy atom. The van der Waals surface area contributed by atoms with Crippen molar-refractivity contribution in [2.24, 2.45) is 29.1 Å². The Kier molecular flexibility index (Phi) is 4.15. The maximum absolute atomic E-state index is 12.6. The van der Waals surface area contributed by atoms with Crippen LogP contribution in [0.4, 0.5) is 0 Å². The molecule has 120 valence electrons. The molecule has 3 fully saturated rings. The van der Waals surface area contributed by atoms with Crippen molar-refractivity contribution in [2.45, 2.75) is 33.6 Å². The van der Waals surface area contributed by atoms with Gasteiger partial charge in [-0.3, -0.25) is 4.79 Å². The van der Waals surface area contributed by atoms with Crippen LogP contribution in [0.25, 0.3) is 0 Å². The van der Waals surface area contributed by atoms with Crippen LogP contribution in [0.2, 0.25) is 0 Å². The topological polar surface area (TPSA) is 20.3 Å². The van der Waals surface area contributed by atoms with Crippen LogP contribution in [-0.2, 0) is 11.2 Å². The van der Waals surface area contributed by atoms with Crippen molar-refractivity contribution < 1.29 is 4.79 Å². The summed E-state index contributed by atoms with van der Waals surface area (Å²) < 4.78 is 0. The summed E-state index contributed by atoms with van der Waals surface area (Å²) in [7, 11) is 2.17. The number of hydrogen-bond acceptors (Lipinski definition) is 2. The first kappa shape index (κ1) is 15.7. The Morgan fingerprint density at radius 2 is 1.86 bits per heavy atom. The maximum atomic E-state index is 12.6. The van der Waals surface area contributed by atoms with Crippen LogP contribution in [0.1, 0.15) is 32.8 Å². The summed E-state index contributed by atoms with van der Waals surface area (Å²) in [6.07, 6.45) is 2.32. The molecule has 22 heavy (non-hydrogen) atoms. The van der Waals surface area contributed by atoms with Gasteiger partial charge in [-0.1, -0.05) is 51.1 Å². The lowest BCUT2D eigenvalue weighted by Gasteiger charge is -2.62. The van der Waals surface area contributed by atoms with Crippen LogP contribution in [-0.4, -0.2) is 30.8 Å². The van der Waals surface area contributed by atoms with Gasteiger partial charge in [0, 0.05) is 24.9 Å². The minimum Gasteiger partial charge on any atom is -0.305 e. The van der Waals surface area contributed by atoms with Crippen LogP contribution in [0, 0.1) is 29.1 Å². The normalized spacial score (nSPS) is 32.9. The van der Waals surface area contributed by atoms with Gasteiger partial charge in [0.1, 0.15) is 5.78 Å². The molecule has 4 unspecified atom stereocenters. The third-order valence-electron chi connectivity index (χ3n) is 6.46. The Bertz CT molecular complexity index is 536. The Labute approximate surface area is 134 Å². The summed E-state index contributed by atoms with van der Waals surface area (Å²) in [6.45, 7) is 8.84. The van der Waals surface area contributed by atoms with E-state index in [1.807, 2.05) is 0 Å². The fraction of sp³-hybridized carbons (Fsp3) is 0.650. The van der Waals surface area contributed by atoms with Gasteiger partial charge in [-0.05, 0) is 42.7 Å². The van der Waals surface area contributed by atoms with Gasteiger partial charge in [-0.15, -0.1) is 0 Å². The predicted molar refractivity (Wildman–Crippen MR) is 90.7 cm³/mol. The van der Waals surface area contributed by atoms with E-state index < -0.39 is 0 Å². The summed E-state index contributed by atoms with van der Waals surface area (Å²) in [5.41, 5.74) is 1.74. The SMILES string of the molecule is CC1C(=O)C(CN(C)CCc2ccccc2)C2CC1C2(C)C. The smallest absolute Gasteiger partial charge is 0.140 e. The number of Topliss-reactive ketones (excluding diaryl/α,β-unsaturated/α-hetero) is 1. The van der Waals surface area contributed by atoms with Crippen molar-refractivity contribution >= 4 is 5.78 Å². The highest BCUT2D eigenvalue weighted by Gasteiger charge is 2.60. The highest BCUT2D eigenvalue weighted by atomic mass is 16.1. The second-order valence-electron chi connectivity index (χ2n) is 8.07. The van der Waals surface area contributed by atoms with E-state index in [4.69, 9.17) is 0 Å².